The molecule has 2 heteroatoms. The summed E-state index contributed by atoms with van der Waals surface area (Å²) in [5, 5.41) is 9.50. The number of hydrogen-bond donors (Lipinski definition) is 1. The highest BCUT2D eigenvalue weighted by atomic mass is 16.5. The van der Waals surface area contributed by atoms with Gasteiger partial charge in [0.05, 0.1) is 12.7 Å². The molecule has 3 unspecified atom stereocenters. The average Bonchev–Trinajstić information content (AvgIpc) is 2.36. The van der Waals surface area contributed by atoms with E-state index in [1.54, 1.807) is 0 Å². The molecule has 0 amide bonds. The Labute approximate surface area is 61.2 Å². The number of hydrogen-bond acceptors (Lipinski definition) is 2. The molecule has 2 rings (SSSR count). The van der Waals surface area contributed by atoms with Crippen LogP contribution in [0.4, 0.5) is 0 Å². The molecule has 1 saturated heterocycles. The van der Waals surface area contributed by atoms with Crippen molar-refractivity contribution < 1.29 is 9.84 Å². The molecule has 58 valence electrons. The predicted molar refractivity (Wildman–Crippen MR) is 37.7 cm³/mol. The molecular weight excluding hydrogens is 128 g/mol. The van der Waals surface area contributed by atoms with E-state index >= 15 is 0 Å². The fraction of sp³-hybridized carbons (Fsp3) is 1.00. The number of fused-ring (bicyclic) bond motifs is 1. The van der Waals surface area contributed by atoms with Gasteiger partial charge >= 0.3 is 0 Å². The van der Waals surface area contributed by atoms with Crippen molar-refractivity contribution >= 4 is 0 Å². The second-order valence-electron chi connectivity index (χ2n) is 3.46. The lowest BCUT2D eigenvalue weighted by Crippen LogP contribution is -2.30. The molecule has 0 radical (unpaired) electrons. The molecule has 0 aromatic heterocycles. The van der Waals surface area contributed by atoms with Crippen LogP contribution in [0.1, 0.15) is 19.3 Å². The van der Waals surface area contributed by atoms with Crippen molar-refractivity contribution in [1.29, 1.82) is 0 Å². The minimum atomic E-state index is -0.0683. The van der Waals surface area contributed by atoms with Crippen molar-refractivity contribution in [3.05, 3.63) is 0 Å². The summed E-state index contributed by atoms with van der Waals surface area (Å²) in [7, 11) is 0. The molecule has 0 aromatic carbocycles. The van der Waals surface area contributed by atoms with Crippen LogP contribution in [0.15, 0.2) is 0 Å². The van der Waals surface area contributed by atoms with Gasteiger partial charge in [-0.05, 0) is 18.8 Å². The summed E-state index contributed by atoms with van der Waals surface area (Å²) < 4.78 is 5.30. The quantitative estimate of drug-likeness (QED) is 0.542. The summed E-state index contributed by atoms with van der Waals surface area (Å²) in [6, 6.07) is 0. The van der Waals surface area contributed by atoms with E-state index in [0.717, 1.165) is 19.6 Å². The maximum absolute atomic E-state index is 9.50. The maximum Gasteiger partial charge on any atom is 0.0593 e. The zero-order valence-electron chi connectivity index (χ0n) is 6.12. The Bertz CT molecular complexity index is 124. The molecule has 0 bridgehead atoms. The van der Waals surface area contributed by atoms with Crippen molar-refractivity contribution in [3.8, 4) is 0 Å². The fourth-order valence-electron chi connectivity index (χ4n) is 2.14. The molecular formula is C8H14O2. The first kappa shape index (κ1) is 6.62. The van der Waals surface area contributed by atoms with Gasteiger partial charge in [-0.25, -0.2) is 0 Å². The van der Waals surface area contributed by atoms with E-state index in [1.165, 1.54) is 12.8 Å². The van der Waals surface area contributed by atoms with E-state index in [9.17, 15) is 5.11 Å². The first-order chi connectivity index (χ1) is 4.88. The molecule has 1 aliphatic carbocycles. The van der Waals surface area contributed by atoms with E-state index in [1.807, 2.05) is 0 Å². The van der Waals surface area contributed by atoms with Crippen LogP contribution >= 0.6 is 0 Å². The molecule has 2 aliphatic rings. The number of rotatable bonds is 0. The van der Waals surface area contributed by atoms with Gasteiger partial charge in [-0.3, -0.25) is 0 Å². The normalized spacial score (nSPS) is 47.1. The van der Waals surface area contributed by atoms with E-state index in [-0.39, 0.29) is 6.10 Å². The minimum absolute atomic E-state index is 0.0683. The third kappa shape index (κ3) is 0.956. The molecule has 10 heavy (non-hydrogen) atoms. The van der Waals surface area contributed by atoms with Crippen molar-refractivity contribution in [3.63, 3.8) is 0 Å². The summed E-state index contributed by atoms with van der Waals surface area (Å²) in [5.74, 6) is 1.14. The van der Waals surface area contributed by atoms with Crippen LogP contribution in [0.25, 0.3) is 0 Å². The van der Waals surface area contributed by atoms with Crippen LogP contribution in [0, 0.1) is 11.8 Å². The van der Waals surface area contributed by atoms with Crippen LogP contribution < -0.4 is 0 Å². The molecule has 1 saturated carbocycles. The molecule has 0 spiro atoms. The van der Waals surface area contributed by atoms with Gasteiger partial charge in [0, 0.05) is 12.5 Å². The van der Waals surface area contributed by atoms with Gasteiger partial charge in [-0.1, -0.05) is 6.42 Å². The van der Waals surface area contributed by atoms with Gasteiger partial charge in [0.25, 0.3) is 0 Å². The van der Waals surface area contributed by atoms with Gasteiger partial charge in [0.15, 0.2) is 0 Å². The highest BCUT2D eigenvalue weighted by Gasteiger charge is 2.36. The van der Waals surface area contributed by atoms with Gasteiger partial charge < -0.3 is 9.84 Å². The third-order valence-corrected chi connectivity index (χ3v) is 2.82. The lowest BCUT2D eigenvalue weighted by Gasteiger charge is -2.28. The van der Waals surface area contributed by atoms with Crippen LogP contribution in [-0.2, 0) is 4.74 Å². The highest BCUT2D eigenvalue weighted by Crippen LogP contribution is 2.34. The second-order valence-corrected chi connectivity index (χ2v) is 3.46. The zero-order chi connectivity index (χ0) is 6.97. The lowest BCUT2D eigenvalue weighted by molar-refractivity contribution is 0.0510. The van der Waals surface area contributed by atoms with E-state index in [4.69, 9.17) is 4.74 Å². The Morgan fingerprint density at radius 1 is 1.20 bits per heavy atom. The Hall–Kier alpha value is -0.0800. The summed E-state index contributed by atoms with van der Waals surface area (Å²) in [6.07, 6.45) is 3.37. The Kier molecular flexibility index (Phi) is 1.66. The van der Waals surface area contributed by atoms with E-state index < -0.39 is 0 Å². The topological polar surface area (TPSA) is 29.5 Å². The minimum Gasteiger partial charge on any atom is -0.393 e. The lowest BCUT2D eigenvalue weighted by atomic mass is 9.80. The smallest absolute Gasteiger partial charge is 0.0593 e. The summed E-state index contributed by atoms with van der Waals surface area (Å²) >= 11 is 0. The maximum atomic E-state index is 9.50. The van der Waals surface area contributed by atoms with Crippen molar-refractivity contribution in [2.24, 2.45) is 11.8 Å². The monoisotopic (exact) mass is 142 g/mol. The highest BCUT2D eigenvalue weighted by molar-refractivity contribution is 4.84. The van der Waals surface area contributed by atoms with Crippen LogP contribution in [0.5, 0.6) is 0 Å². The summed E-state index contributed by atoms with van der Waals surface area (Å²) in [5.41, 5.74) is 0. The zero-order valence-corrected chi connectivity index (χ0v) is 6.12. The van der Waals surface area contributed by atoms with Gasteiger partial charge in [0.2, 0.25) is 0 Å². The molecule has 2 nitrogen and oxygen atoms in total. The number of aliphatic hydroxyl groups is 1. The van der Waals surface area contributed by atoms with Gasteiger partial charge in [-0.15, -0.1) is 0 Å². The van der Waals surface area contributed by atoms with Crippen molar-refractivity contribution in [2.75, 3.05) is 13.2 Å². The standard InChI is InChI=1S/C8H14O2/c9-8-3-1-2-6-4-10-5-7(6)8/h6-9H,1-5H2. The third-order valence-electron chi connectivity index (χ3n) is 2.82. The molecule has 0 aromatic rings. The first-order valence-electron chi connectivity index (χ1n) is 4.14. The predicted octanol–water partition coefficient (Wildman–Crippen LogP) is 0.794. The number of ether oxygens (including phenoxy) is 1. The molecule has 1 N–H and O–H groups in total. The van der Waals surface area contributed by atoms with Crippen molar-refractivity contribution in [1.82, 2.24) is 0 Å². The van der Waals surface area contributed by atoms with Crippen LogP contribution in [0.2, 0.25) is 0 Å². The summed E-state index contributed by atoms with van der Waals surface area (Å²) in [4.78, 5) is 0. The molecule has 1 aliphatic heterocycles. The van der Waals surface area contributed by atoms with Gasteiger partial charge in [0.1, 0.15) is 0 Å². The Morgan fingerprint density at radius 2 is 2.10 bits per heavy atom. The van der Waals surface area contributed by atoms with Crippen LogP contribution in [0.3, 0.4) is 0 Å². The molecule has 1 heterocycles. The molecule has 3 atom stereocenters. The van der Waals surface area contributed by atoms with Crippen molar-refractivity contribution in [2.45, 2.75) is 25.4 Å². The first-order valence-corrected chi connectivity index (χ1v) is 4.14. The van der Waals surface area contributed by atoms with E-state index in [0.29, 0.717) is 11.8 Å². The fourth-order valence-corrected chi connectivity index (χ4v) is 2.14. The molecule has 2 fully saturated rings. The average molecular weight is 142 g/mol. The SMILES string of the molecule is OC1CCCC2COCC12. The van der Waals surface area contributed by atoms with E-state index in [2.05, 4.69) is 0 Å². The largest absolute Gasteiger partial charge is 0.393 e. The Morgan fingerprint density at radius 3 is 2.90 bits per heavy atom. The summed E-state index contributed by atoms with van der Waals surface area (Å²) in [6.45, 7) is 1.69. The van der Waals surface area contributed by atoms with Gasteiger partial charge in [-0.2, -0.15) is 0 Å². The second kappa shape index (κ2) is 2.51. The Balaban J connectivity index is 2.03. The van der Waals surface area contributed by atoms with Crippen LogP contribution in [-0.4, -0.2) is 24.4 Å². The number of aliphatic hydroxyl groups excluding tert-OH is 1.